The van der Waals surface area contributed by atoms with Crippen LogP contribution in [0.1, 0.15) is 0 Å². The third-order valence-corrected chi connectivity index (χ3v) is 37.6. The van der Waals surface area contributed by atoms with Gasteiger partial charge in [-0.1, -0.05) is 376 Å². The molecular formula is C102H74BN3OSi3. The number of ether oxygens (including phenoxy) is 1. The molecular weight excluding hydrogens is 1380 g/mol. The van der Waals surface area contributed by atoms with Gasteiger partial charge in [0.25, 0.3) is 6.71 Å². The number of hydrogen-bond donors (Lipinski definition) is 0. The van der Waals surface area contributed by atoms with Crippen molar-refractivity contribution in [2.24, 2.45) is 0 Å². The van der Waals surface area contributed by atoms with Gasteiger partial charge in [0.05, 0.1) is 17.1 Å². The number of fused-ring (bicyclic) bond motifs is 6. The molecule has 3 aliphatic heterocycles. The van der Waals surface area contributed by atoms with Crippen LogP contribution in [0, 0.1) is 0 Å². The van der Waals surface area contributed by atoms with Crippen LogP contribution in [0.3, 0.4) is 0 Å². The molecule has 3 heterocycles. The summed E-state index contributed by atoms with van der Waals surface area (Å²) in [6, 6.07) is 170. The van der Waals surface area contributed by atoms with Crippen molar-refractivity contribution >= 4 is 161 Å². The first kappa shape index (κ1) is 66.1. The summed E-state index contributed by atoms with van der Waals surface area (Å²) in [6.45, 7) is -0.299. The lowest BCUT2D eigenvalue weighted by atomic mass is 9.32. The van der Waals surface area contributed by atoms with Crippen LogP contribution in [0.25, 0.3) is 11.1 Å². The highest BCUT2D eigenvalue weighted by atomic mass is 28.3. The van der Waals surface area contributed by atoms with Crippen molar-refractivity contribution in [2.75, 3.05) is 14.7 Å². The quantitative estimate of drug-likeness (QED) is 0.0709. The second-order valence-electron chi connectivity index (χ2n) is 28.9. The molecule has 0 spiro atoms. The molecule has 0 bridgehead atoms. The number of para-hydroxylation sites is 4. The van der Waals surface area contributed by atoms with E-state index in [2.05, 4.69) is 464 Å². The van der Waals surface area contributed by atoms with Gasteiger partial charge in [-0.15, -0.1) is 0 Å². The van der Waals surface area contributed by atoms with Gasteiger partial charge in [-0.2, -0.15) is 0 Å². The van der Waals surface area contributed by atoms with E-state index in [9.17, 15) is 0 Å². The molecule has 0 atom stereocenters. The fourth-order valence-electron chi connectivity index (χ4n) is 18.7. The Hall–Kier alpha value is -13.3. The maximum atomic E-state index is 6.97. The summed E-state index contributed by atoms with van der Waals surface area (Å²) >= 11 is 0. The van der Waals surface area contributed by atoms with Crippen LogP contribution in [0.15, 0.2) is 449 Å². The summed E-state index contributed by atoms with van der Waals surface area (Å²) < 4.78 is 6.97. The summed E-state index contributed by atoms with van der Waals surface area (Å²) in [5, 5.41) is 15.7. The smallest absolute Gasteiger partial charge is 0.252 e. The molecule has 4 nitrogen and oxygen atoms in total. The molecule has 17 aromatic rings. The first-order valence-electron chi connectivity index (χ1n) is 38.1. The van der Waals surface area contributed by atoms with Crippen molar-refractivity contribution in [3.8, 4) is 22.6 Å². The molecule has 20 rings (SSSR count). The fourth-order valence-corrected chi connectivity index (χ4v) is 33.1. The molecule has 0 amide bonds. The van der Waals surface area contributed by atoms with Crippen molar-refractivity contribution in [1.82, 2.24) is 0 Å². The molecule has 0 saturated heterocycles. The Labute approximate surface area is 647 Å². The lowest BCUT2D eigenvalue weighted by Gasteiger charge is -2.46. The summed E-state index contributed by atoms with van der Waals surface area (Å²) in [4.78, 5) is 7.80. The third kappa shape index (κ3) is 10.6. The Balaban J connectivity index is 0.949. The minimum atomic E-state index is -3.23. The van der Waals surface area contributed by atoms with E-state index in [0.29, 0.717) is 0 Å². The van der Waals surface area contributed by atoms with Gasteiger partial charge < -0.3 is 19.4 Å². The van der Waals surface area contributed by atoms with Crippen LogP contribution < -0.4 is 98.1 Å². The Kier molecular flexibility index (Phi) is 16.7. The van der Waals surface area contributed by atoms with Gasteiger partial charge in [0.15, 0.2) is 35.7 Å². The highest BCUT2D eigenvalue weighted by molar-refractivity contribution is 7.21. The largest absolute Gasteiger partial charge is 0.453 e. The molecule has 17 aromatic carbocycles. The van der Waals surface area contributed by atoms with Crippen molar-refractivity contribution < 1.29 is 4.74 Å². The zero-order valence-electron chi connectivity index (χ0n) is 60.6. The molecule has 0 radical (unpaired) electrons. The third-order valence-electron chi connectivity index (χ3n) is 23.2. The highest BCUT2D eigenvalue weighted by Crippen LogP contribution is 2.54. The summed E-state index contributed by atoms with van der Waals surface area (Å²) in [5.74, 6) is 1.57. The number of benzene rings is 17. The molecule has 8 heteroatoms. The SMILES string of the molecule is c1ccc(-c2cccc3c2B2c4ccc([Si](c5ccccc5)(c5ccccc5)c5ccccc5)cc4N(c4cccc([Si](c5ccccc5)(c5ccccc5)c5ccccc5)c4)c4cc(N5c6ccccc6Oc6ccccc65)cc(c42)N3c2cccc([Si](c3ccccc3)(c3ccccc3)c3ccccc3)c2)cc1. The van der Waals surface area contributed by atoms with Crippen molar-refractivity contribution in [1.29, 1.82) is 0 Å². The van der Waals surface area contributed by atoms with Gasteiger partial charge in [-0.25, -0.2) is 0 Å². The first-order valence-corrected chi connectivity index (χ1v) is 44.1. The molecule has 0 saturated carbocycles. The minimum absolute atomic E-state index is 0.299. The van der Waals surface area contributed by atoms with E-state index in [-0.39, 0.29) is 6.71 Å². The lowest BCUT2D eigenvalue weighted by Crippen LogP contribution is -2.75. The second-order valence-corrected chi connectivity index (χ2v) is 40.3. The topological polar surface area (TPSA) is 19.0 Å². The predicted molar refractivity (Wildman–Crippen MR) is 472 cm³/mol. The molecule has 0 fully saturated rings. The Bertz CT molecular complexity index is 5880. The van der Waals surface area contributed by atoms with Crippen LogP contribution in [0.2, 0.25) is 0 Å². The van der Waals surface area contributed by atoms with Gasteiger partial charge in [-0.05, 0) is 163 Å². The zero-order valence-corrected chi connectivity index (χ0v) is 63.6. The molecule has 0 N–H and O–H groups in total. The van der Waals surface area contributed by atoms with Crippen LogP contribution in [0.5, 0.6) is 11.5 Å². The molecule has 3 aliphatic rings. The number of anilines is 9. The standard InChI is InChI=1S/C102H74BN3OSi3/c1-11-38-75(39-12-1)91-62-37-65-95-101(91)103-92-69-68-90(110(85-54-25-8-26-55-85,86-56-27-9-28-57-86)87-58-29-10-30-59-87)74-96(92)105(77-41-36-61-89(71-77)109(82-48-19-5-20-49-82,83-50-21-6-22-51-83)84-52-23-7-24-53-84)98-73-78(106-93-63-31-33-66-99(93)107-100-67-34-32-64-94(100)106)72-97(102(98)103)104(95)76-40-35-60-88(70-76)108(79-42-13-2-14-43-79,80-44-15-3-16-45-80)81-46-17-4-18-47-81/h1-74H. The Morgan fingerprint density at radius 1 is 0.191 bits per heavy atom. The predicted octanol–water partition coefficient (Wildman–Crippen LogP) is 15.1. The monoisotopic (exact) mass is 1450 g/mol. The van der Waals surface area contributed by atoms with Crippen molar-refractivity contribution in [3.05, 3.63) is 449 Å². The van der Waals surface area contributed by atoms with Crippen molar-refractivity contribution in [2.45, 2.75) is 0 Å². The first-order chi connectivity index (χ1) is 54.6. The number of rotatable bonds is 16. The van der Waals surface area contributed by atoms with Crippen LogP contribution in [0.4, 0.5) is 51.2 Å². The summed E-state index contributed by atoms with van der Waals surface area (Å²) in [5.41, 5.74) is 15.5. The molecule has 0 aromatic heterocycles. The summed E-state index contributed by atoms with van der Waals surface area (Å²) in [7, 11) is -9.53. The van der Waals surface area contributed by atoms with Gasteiger partial charge in [-0.3, -0.25) is 0 Å². The van der Waals surface area contributed by atoms with Gasteiger partial charge in [0.2, 0.25) is 0 Å². The van der Waals surface area contributed by atoms with Crippen LogP contribution >= 0.6 is 0 Å². The fraction of sp³-hybridized carbons (Fsp3) is 0. The average Bonchev–Trinajstić information content (AvgIpc) is 0.656. The Morgan fingerprint density at radius 2 is 0.482 bits per heavy atom. The maximum Gasteiger partial charge on any atom is 0.252 e. The van der Waals surface area contributed by atoms with Crippen molar-refractivity contribution in [3.63, 3.8) is 0 Å². The average molecular weight is 1450 g/mol. The van der Waals surface area contributed by atoms with Gasteiger partial charge in [0, 0.05) is 34.1 Å². The highest BCUT2D eigenvalue weighted by Gasteiger charge is 2.50. The van der Waals surface area contributed by atoms with Crippen LogP contribution in [-0.4, -0.2) is 30.9 Å². The second kappa shape index (κ2) is 27.8. The van der Waals surface area contributed by atoms with E-state index in [1.165, 1.54) is 84.2 Å². The van der Waals surface area contributed by atoms with E-state index < -0.39 is 24.2 Å². The number of nitrogens with zero attached hydrogens (tertiary/aromatic N) is 3. The summed E-state index contributed by atoms with van der Waals surface area (Å²) in [6.07, 6.45) is 0. The van der Waals surface area contributed by atoms with Gasteiger partial charge in [0.1, 0.15) is 0 Å². The molecule has 110 heavy (non-hydrogen) atoms. The molecule has 0 aliphatic carbocycles. The van der Waals surface area contributed by atoms with Gasteiger partial charge >= 0.3 is 0 Å². The van der Waals surface area contributed by atoms with E-state index >= 15 is 0 Å². The minimum Gasteiger partial charge on any atom is -0.453 e. The maximum absolute atomic E-state index is 6.97. The van der Waals surface area contributed by atoms with Crippen LogP contribution in [-0.2, 0) is 0 Å². The normalized spacial score (nSPS) is 12.7. The zero-order chi connectivity index (χ0) is 73.0. The number of hydrogen-bond acceptors (Lipinski definition) is 4. The van der Waals surface area contributed by atoms with E-state index in [0.717, 1.165) is 68.2 Å². The van der Waals surface area contributed by atoms with E-state index in [1.54, 1.807) is 0 Å². The molecule has 518 valence electrons. The Morgan fingerprint density at radius 3 is 0.855 bits per heavy atom. The van der Waals surface area contributed by atoms with E-state index in [4.69, 9.17) is 4.74 Å². The van der Waals surface area contributed by atoms with E-state index in [1.807, 2.05) is 0 Å². The lowest BCUT2D eigenvalue weighted by molar-refractivity contribution is 0.477. The molecule has 0 unspecified atom stereocenters.